The van der Waals surface area contributed by atoms with Gasteiger partial charge in [-0.1, -0.05) is 11.6 Å². The Kier molecular flexibility index (Phi) is 3.47. The summed E-state index contributed by atoms with van der Waals surface area (Å²) in [7, 11) is 0. The molecule has 0 unspecified atom stereocenters. The van der Waals surface area contributed by atoms with E-state index in [-0.39, 0.29) is 0 Å². The summed E-state index contributed by atoms with van der Waals surface area (Å²) in [6.07, 6.45) is 2.32. The first-order valence-corrected chi connectivity index (χ1v) is 5.75. The Hall–Kier alpha value is -1.20. The molecule has 0 atom stereocenters. The fraction of sp³-hybridized carbons (Fsp3) is 0.222. The maximum atomic E-state index is 5.72. The lowest BCUT2D eigenvalue weighted by atomic mass is 10.3. The normalized spacial score (nSPS) is 10.2. The lowest BCUT2D eigenvalue weighted by Crippen LogP contribution is -2.06. The molecule has 0 bridgehead atoms. The van der Waals surface area contributed by atoms with Crippen LogP contribution >= 0.6 is 22.9 Å². The number of halogens is 1. The third kappa shape index (κ3) is 3.14. The van der Waals surface area contributed by atoms with Gasteiger partial charge in [0.25, 0.3) is 0 Å². The Morgan fingerprint density at radius 3 is 3.00 bits per heavy atom. The highest BCUT2D eigenvalue weighted by molar-refractivity contribution is 7.07. The minimum Gasteiger partial charge on any atom is -0.370 e. The molecule has 0 fully saturated rings. The summed E-state index contributed by atoms with van der Waals surface area (Å²) in [5.74, 6) is 0.741. The van der Waals surface area contributed by atoms with Gasteiger partial charge in [-0.15, -0.1) is 11.3 Å². The fourth-order valence-electron chi connectivity index (χ4n) is 1.11. The Bertz CT molecular complexity index is 418. The highest BCUT2D eigenvalue weighted by atomic mass is 35.5. The van der Waals surface area contributed by atoms with Crippen LogP contribution in [0.1, 0.15) is 5.69 Å². The minimum absolute atomic E-state index is 0.446. The molecule has 2 aromatic rings. The maximum absolute atomic E-state index is 5.72. The van der Waals surface area contributed by atoms with Gasteiger partial charge in [0.2, 0.25) is 0 Å². The topological polar surface area (TPSA) is 50.7 Å². The van der Waals surface area contributed by atoms with Crippen LogP contribution < -0.4 is 5.32 Å². The molecule has 2 heterocycles. The highest BCUT2D eigenvalue weighted by Gasteiger charge is 1.97. The van der Waals surface area contributed by atoms with Gasteiger partial charge in [0.15, 0.2) is 0 Å². The van der Waals surface area contributed by atoms with E-state index in [1.54, 1.807) is 17.4 Å². The molecule has 15 heavy (non-hydrogen) atoms. The molecule has 0 aliphatic carbocycles. The van der Waals surface area contributed by atoms with Crippen molar-refractivity contribution in [1.29, 1.82) is 0 Å². The van der Waals surface area contributed by atoms with Crippen molar-refractivity contribution in [2.24, 2.45) is 0 Å². The second-order valence-corrected chi connectivity index (χ2v) is 3.99. The summed E-state index contributed by atoms with van der Waals surface area (Å²) < 4.78 is 0. The van der Waals surface area contributed by atoms with Crippen LogP contribution in [0.15, 0.2) is 23.3 Å². The van der Waals surface area contributed by atoms with E-state index in [2.05, 4.69) is 20.3 Å². The van der Waals surface area contributed by atoms with E-state index in [4.69, 9.17) is 11.6 Å². The van der Waals surface area contributed by atoms with E-state index in [0.29, 0.717) is 5.15 Å². The van der Waals surface area contributed by atoms with Crippen LogP contribution in [0.4, 0.5) is 5.82 Å². The number of rotatable bonds is 4. The Labute approximate surface area is 96.4 Å². The van der Waals surface area contributed by atoms with Gasteiger partial charge >= 0.3 is 0 Å². The predicted octanol–water partition coefficient (Wildman–Crippen LogP) is 2.24. The number of nitrogens with one attached hydrogen (secondary N) is 1. The third-order valence-electron chi connectivity index (χ3n) is 1.80. The van der Waals surface area contributed by atoms with Gasteiger partial charge in [0.05, 0.1) is 11.2 Å². The minimum atomic E-state index is 0.446. The summed E-state index contributed by atoms with van der Waals surface area (Å²) >= 11 is 7.32. The zero-order chi connectivity index (χ0) is 10.5. The Morgan fingerprint density at radius 1 is 1.33 bits per heavy atom. The van der Waals surface area contributed by atoms with E-state index in [0.717, 1.165) is 24.5 Å². The van der Waals surface area contributed by atoms with Crippen LogP contribution in [0.2, 0.25) is 5.15 Å². The van der Waals surface area contributed by atoms with E-state index in [1.165, 1.54) is 6.33 Å². The summed E-state index contributed by atoms with van der Waals surface area (Å²) in [6, 6.07) is 1.70. The van der Waals surface area contributed by atoms with Gasteiger partial charge in [-0.3, -0.25) is 0 Å². The number of hydrogen-bond acceptors (Lipinski definition) is 5. The predicted molar refractivity (Wildman–Crippen MR) is 61.3 cm³/mol. The first-order valence-electron chi connectivity index (χ1n) is 4.43. The number of anilines is 1. The maximum Gasteiger partial charge on any atom is 0.134 e. The van der Waals surface area contributed by atoms with Crippen molar-refractivity contribution in [2.45, 2.75) is 6.42 Å². The van der Waals surface area contributed by atoms with Gasteiger partial charge in [-0.05, 0) is 0 Å². The molecule has 1 N–H and O–H groups in total. The average Bonchev–Trinajstić information content (AvgIpc) is 2.71. The molecule has 0 saturated carbocycles. The zero-order valence-electron chi connectivity index (χ0n) is 7.85. The van der Waals surface area contributed by atoms with E-state index >= 15 is 0 Å². The lowest BCUT2D eigenvalue weighted by Gasteiger charge is -2.03. The molecule has 2 rings (SSSR count). The molecule has 0 amide bonds. The van der Waals surface area contributed by atoms with Gasteiger partial charge in [-0.25, -0.2) is 15.0 Å². The van der Waals surface area contributed by atoms with Crippen LogP contribution in [0, 0.1) is 0 Å². The molecule has 0 radical (unpaired) electrons. The van der Waals surface area contributed by atoms with Crippen molar-refractivity contribution >= 4 is 28.8 Å². The molecule has 0 aromatic carbocycles. The van der Waals surface area contributed by atoms with Crippen molar-refractivity contribution in [2.75, 3.05) is 11.9 Å². The highest BCUT2D eigenvalue weighted by Crippen LogP contribution is 2.08. The molecular weight excluding hydrogens is 232 g/mol. The third-order valence-corrected chi connectivity index (χ3v) is 2.65. The second-order valence-electron chi connectivity index (χ2n) is 2.88. The van der Waals surface area contributed by atoms with Crippen LogP contribution in [-0.2, 0) is 6.42 Å². The molecule has 0 spiro atoms. The van der Waals surface area contributed by atoms with Crippen LogP contribution in [0.3, 0.4) is 0 Å². The largest absolute Gasteiger partial charge is 0.370 e. The van der Waals surface area contributed by atoms with E-state index in [1.807, 2.05) is 10.9 Å². The quantitative estimate of drug-likeness (QED) is 0.833. The smallest absolute Gasteiger partial charge is 0.134 e. The van der Waals surface area contributed by atoms with Crippen molar-refractivity contribution in [1.82, 2.24) is 15.0 Å². The molecule has 0 saturated heterocycles. The molecule has 0 aliphatic rings. The van der Waals surface area contributed by atoms with E-state index in [9.17, 15) is 0 Å². The average molecular weight is 241 g/mol. The van der Waals surface area contributed by atoms with Crippen molar-refractivity contribution < 1.29 is 0 Å². The van der Waals surface area contributed by atoms with Crippen LogP contribution in [0.25, 0.3) is 0 Å². The molecule has 78 valence electrons. The Morgan fingerprint density at radius 2 is 2.27 bits per heavy atom. The monoisotopic (exact) mass is 240 g/mol. The summed E-state index contributed by atoms with van der Waals surface area (Å²) in [6.45, 7) is 0.789. The van der Waals surface area contributed by atoms with Crippen molar-refractivity contribution in [3.8, 4) is 0 Å². The molecular formula is C9H9ClN4S. The molecule has 0 aliphatic heterocycles. The first-order chi connectivity index (χ1) is 7.34. The molecule has 6 heteroatoms. The number of hydrogen-bond donors (Lipinski definition) is 1. The standard InChI is InChI=1S/C9H9ClN4S/c10-8-3-9(13-5-12-8)11-2-1-7-4-15-6-14-7/h3-6H,1-2H2,(H,11,12,13). The summed E-state index contributed by atoms with van der Waals surface area (Å²) in [4.78, 5) is 12.0. The second kappa shape index (κ2) is 5.04. The lowest BCUT2D eigenvalue weighted by molar-refractivity contribution is 0.964. The van der Waals surface area contributed by atoms with Gasteiger partial charge in [-0.2, -0.15) is 0 Å². The fourth-order valence-corrected chi connectivity index (χ4v) is 1.85. The van der Waals surface area contributed by atoms with E-state index < -0.39 is 0 Å². The summed E-state index contributed by atoms with van der Waals surface area (Å²) in [5.41, 5.74) is 2.92. The zero-order valence-corrected chi connectivity index (χ0v) is 9.42. The number of aromatic nitrogens is 3. The summed E-state index contributed by atoms with van der Waals surface area (Å²) in [5, 5.41) is 5.63. The van der Waals surface area contributed by atoms with Crippen LogP contribution in [0.5, 0.6) is 0 Å². The molecule has 4 nitrogen and oxygen atoms in total. The number of thiazole rings is 1. The number of nitrogens with zero attached hydrogens (tertiary/aromatic N) is 3. The molecule has 2 aromatic heterocycles. The first kappa shape index (κ1) is 10.3. The SMILES string of the molecule is Clc1cc(NCCc2cscn2)ncn1. The van der Waals surface area contributed by atoms with Gasteiger partial charge < -0.3 is 5.32 Å². The van der Waals surface area contributed by atoms with Crippen molar-refractivity contribution in [3.63, 3.8) is 0 Å². The van der Waals surface area contributed by atoms with Crippen molar-refractivity contribution in [3.05, 3.63) is 34.1 Å². The Balaban J connectivity index is 1.83. The van der Waals surface area contributed by atoms with Crippen LogP contribution in [-0.4, -0.2) is 21.5 Å². The van der Waals surface area contributed by atoms with Gasteiger partial charge in [0.1, 0.15) is 17.3 Å². The van der Waals surface area contributed by atoms with Gasteiger partial charge in [0, 0.05) is 24.4 Å².